The largest absolute Gasteiger partial charge is 0.312 e. The van der Waals surface area contributed by atoms with Crippen molar-refractivity contribution in [2.45, 2.75) is 39.3 Å². The van der Waals surface area contributed by atoms with Crippen molar-refractivity contribution in [2.24, 2.45) is 5.92 Å². The zero-order valence-electron chi connectivity index (χ0n) is 12.3. The van der Waals surface area contributed by atoms with Crippen molar-refractivity contribution >= 4 is 15.9 Å². The second-order valence-electron chi connectivity index (χ2n) is 5.81. The highest BCUT2D eigenvalue weighted by Crippen LogP contribution is 2.18. The molecule has 1 fully saturated rings. The molecule has 1 heterocycles. The van der Waals surface area contributed by atoms with Crippen LogP contribution in [0.3, 0.4) is 0 Å². The summed E-state index contributed by atoms with van der Waals surface area (Å²) in [7, 11) is 0. The van der Waals surface area contributed by atoms with Gasteiger partial charge in [0.1, 0.15) is 5.82 Å². The Hall–Kier alpha value is -0.450. The van der Waals surface area contributed by atoms with Gasteiger partial charge >= 0.3 is 0 Å². The Morgan fingerprint density at radius 2 is 2.25 bits per heavy atom. The van der Waals surface area contributed by atoms with Gasteiger partial charge in [0.2, 0.25) is 0 Å². The molecule has 2 rings (SSSR count). The Balaban J connectivity index is 2.03. The summed E-state index contributed by atoms with van der Waals surface area (Å²) in [4.78, 5) is 2.44. The number of nitrogens with one attached hydrogen (secondary N) is 1. The van der Waals surface area contributed by atoms with E-state index in [2.05, 4.69) is 40.0 Å². The number of nitrogens with zero attached hydrogens (tertiary/aromatic N) is 1. The number of benzene rings is 1. The summed E-state index contributed by atoms with van der Waals surface area (Å²) in [6.07, 6.45) is 2.35. The molecule has 1 saturated heterocycles. The first-order valence-corrected chi connectivity index (χ1v) is 8.28. The minimum absolute atomic E-state index is 0.166. The third-order valence-electron chi connectivity index (χ3n) is 4.17. The zero-order valence-corrected chi connectivity index (χ0v) is 13.9. The number of halogens is 2. The van der Waals surface area contributed by atoms with E-state index in [1.165, 1.54) is 12.5 Å². The zero-order chi connectivity index (χ0) is 14.5. The normalized spacial score (nSPS) is 22.5. The highest BCUT2D eigenvalue weighted by atomic mass is 79.9. The lowest BCUT2D eigenvalue weighted by molar-refractivity contribution is 0.231. The van der Waals surface area contributed by atoms with Crippen LogP contribution in [0.1, 0.15) is 32.3 Å². The number of hydrogen-bond donors (Lipinski definition) is 1. The van der Waals surface area contributed by atoms with Gasteiger partial charge in [0, 0.05) is 23.6 Å². The minimum atomic E-state index is -0.166. The molecular weight excluding hydrogens is 319 g/mol. The molecule has 2 unspecified atom stereocenters. The van der Waals surface area contributed by atoms with Gasteiger partial charge in [-0.2, -0.15) is 0 Å². The summed E-state index contributed by atoms with van der Waals surface area (Å²) in [6, 6.07) is 5.70. The lowest BCUT2D eigenvalue weighted by Gasteiger charge is -2.28. The average Bonchev–Trinajstić information content (AvgIpc) is 2.62. The molecule has 2 nitrogen and oxygen atoms in total. The average molecular weight is 343 g/mol. The SMILES string of the molecule is CCC(C)C1CN(Cc2cc(F)cc(Br)c2)CCCN1. The van der Waals surface area contributed by atoms with Crippen LogP contribution in [0.5, 0.6) is 0 Å². The van der Waals surface area contributed by atoms with Crippen LogP contribution in [0, 0.1) is 11.7 Å². The molecule has 2 atom stereocenters. The van der Waals surface area contributed by atoms with Gasteiger partial charge < -0.3 is 5.32 Å². The molecule has 0 bridgehead atoms. The molecule has 1 aliphatic rings. The lowest BCUT2D eigenvalue weighted by atomic mass is 9.99. The van der Waals surface area contributed by atoms with E-state index in [9.17, 15) is 4.39 Å². The fourth-order valence-corrected chi connectivity index (χ4v) is 3.31. The predicted octanol–water partition coefficient (Wildman–Crippen LogP) is 3.80. The van der Waals surface area contributed by atoms with Crippen LogP contribution in [-0.4, -0.2) is 30.6 Å². The molecule has 0 aromatic heterocycles. The van der Waals surface area contributed by atoms with Crippen molar-refractivity contribution in [1.29, 1.82) is 0 Å². The summed E-state index contributed by atoms with van der Waals surface area (Å²) < 4.78 is 14.3. The van der Waals surface area contributed by atoms with Crippen molar-refractivity contribution in [3.63, 3.8) is 0 Å². The van der Waals surface area contributed by atoms with Crippen LogP contribution >= 0.6 is 15.9 Å². The molecule has 4 heteroatoms. The van der Waals surface area contributed by atoms with Crippen LogP contribution in [0.25, 0.3) is 0 Å². The maximum absolute atomic E-state index is 13.5. The number of rotatable bonds is 4. The van der Waals surface area contributed by atoms with Crippen molar-refractivity contribution in [3.05, 3.63) is 34.1 Å². The first-order chi connectivity index (χ1) is 9.58. The van der Waals surface area contributed by atoms with Gasteiger partial charge in [-0.1, -0.05) is 36.2 Å². The van der Waals surface area contributed by atoms with Gasteiger partial charge in [0.25, 0.3) is 0 Å². The standard InChI is InChI=1S/C16H24BrFN2/c1-3-12(2)16-11-20(6-4-5-19-16)10-13-7-14(17)9-15(18)8-13/h7-9,12,16,19H,3-6,10-11H2,1-2H3. The Morgan fingerprint density at radius 1 is 1.45 bits per heavy atom. The van der Waals surface area contributed by atoms with Crippen LogP contribution < -0.4 is 5.32 Å². The number of hydrogen-bond acceptors (Lipinski definition) is 2. The minimum Gasteiger partial charge on any atom is -0.312 e. The molecule has 0 saturated carbocycles. The van der Waals surface area contributed by atoms with Gasteiger partial charge in [-0.05, 0) is 49.2 Å². The van der Waals surface area contributed by atoms with E-state index in [-0.39, 0.29) is 5.82 Å². The summed E-state index contributed by atoms with van der Waals surface area (Å²) in [5, 5.41) is 3.65. The lowest BCUT2D eigenvalue weighted by Crippen LogP contribution is -2.41. The van der Waals surface area contributed by atoms with Crippen molar-refractivity contribution in [3.8, 4) is 0 Å². The van der Waals surface area contributed by atoms with Crippen LogP contribution in [0.2, 0.25) is 0 Å². The van der Waals surface area contributed by atoms with E-state index in [0.29, 0.717) is 12.0 Å². The molecular formula is C16H24BrFN2. The molecule has 1 aromatic rings. The molecule has 20 heavy (non-hydrogen) atoms. The first-order valence-electron chi connectivity index (χ1n) is 7.49. The van der Waals surface area contributed by atoms with E-state index < -0.39 is 0 Å². The molecule has 0 spiro atoms. The van der Waals surface area contributed by atoms with Crippen molar-refractivity contribution in [1.82, 2.24) is 10.2 Å². The van der Waals surface area contributed by atoms with Gasteiger partial charge in [-0.25, -0.2) is 4.39 Å². The maximum atomic E-state index is 13.5. The van der Waals surface area contributed by atoms with Crippen LogP contribution in [-0.2, 0) is 6.54 Å². The molecule has 0 radical (unpaired) electrons. The van der Waals surface area contributed by atoms with E-state index >= 15 is 0 Å². The third kappa shape index (κ3) is 4.54. The molecule has 112 valence electrons. The highest BCUT2D eigenvalue weighted by molar-refractivity contribution is 9.10. The summed E-state index contributed by atoms with van der Waals surface area (Å²) in [5.41, 5.74) is 1.04. The molecule has 1 aromatic carbocycles. The topological polar surface area (TPSA) is 15.3 Å². The van der Waals surface area contributed by atoms with E-state index in [0.717, 1.165) is 42.6 Å². The van der Waals surface area contributed by atoms with Crippen LogP contribution in [0.4, 0.5) is 4.39 Å². The van der Waals surface area contributed by atoms with Crippen molar-refractivity contribution in [2.75, 3.05) is 19.6 Å². The van der Waals surface area contributed by atoms with Crippen molar-refractivity contribution < 1.29 is 4.39 Å². The van der Waals surface area contributed by atoms with E-state index in [4.69, 9.17) is 0 Å². The second-order valence-corrected chi connectivity index (χ2v) is 6.73. The summed E-state index contributed by atoms with van der Waals surface area (Å²) in [6.45, 7) is 8.58. The second kappa shape index (κ2) is 7.53. The van der Waals surface area contributed by atoms with Crippen LogP contribution in [0.15, 0.2) is 22.7 Å². The third-order valence-corrected chi connectivity index (χ3v) is 4.63. The Bertz CT molecular complexity index is 418. The monoisotopic (exact) mass is 342 g/mol. The van der Waals surface area contributed by atoms with E-state index in [1.807, 2.05) is 6.07 Å². The van der Waals surface area contributed by atoms with Gasteiger partial charge in [-0.3, -0.25) is 4.90 Å². The van der Waals surface area contributed by atoms with Gasteiger partial charge in [0.05, 0.1) is 0 Å². The Labute approximate surface area is 129 Å². The fourth-order valence-electron chi connectivity index (χ4n) is 2.79. The summed E-state index contributed by atoms with van der Waals surface area (Å²) >= 11 is 3.37. The first kappa shape index (κ1) is 15.9. The van der Waals surface area contributed by atoms with Gasteiger partial charge in [-0.15, -0.1) is 0 Å². The summed E-state index contributed by atoms with van der Waals surface area (Å²) in [5.74, 6) is 0.510. The predicted molar refractivity (Wildman–Crippen MR) is 85.2 cm³/mol. The Morgan fingerprint density at radius 3 is 2.95 bits per heavy atom. The molecule has 1 N–H and O–H groups in total. The fraction of sp³-hybridized carbons (Fsp3) is 0.625. The van der Waals surface area contributed by atoms with Gasteiger partial charge in [0.15, 0.2) is 0 Å². The smallest absolute Gasteiger partial charge is 0.124 e. The molecule has 0 aliphatic carbocycles. The Kier molecular flexibility index (Phi) is 6.00. The molecule has 1 aliphatic heterocycles. The molecule has 0 amide bonds. The van der Waals surface area contributed by atoms with E-state index in [1.54, 1.807) is 6.07 Å². The maximum Gasteiger partial charge on any atom is 0.124 e. The highest BCUT2D eigenvalue weighted by Gasteiger charge is 2.21. The quantitative estimate of drug-likeness (QED) is 0.895.